The number of hydrogen-bond acceptors (Lipinski definition) is 3. The zero-order valence-corrected chi connectivity index (χ0v) is 8.85. The van der Waals surface area contributed by atoms with E-state index in [4.69, 9.17) is 0 Å². The highest BCUT2D eigenvalue weighted by Gasteiger charge is 2.34. The Kier molecular flexibility index (Phi) is 4.46. The highest BCUT2D eigenvalue weighted by atomic mass is 16.6. The largest absolute Gasteiger partial charge is 0.300 e. The summed E-state index contributed by atoms with van der Waals surface area (Å²) in [6.45, 7) is 3.56. The molecule has 84 valence electrons. The fourth-order valence-corrected chi connectivity index (χ4v) is 2.19. The highest BCUT2D eigenvalue weighted by molar-refractivity contribution is 5.79. The zero-order valence-electron chi connectivity index (χ0n) is 8.85. The zero-order chi connectivity index (χ0) is 11.3. The summed E-state index contributed by atoms with van der Waals surface area (Å²) in [6, 6.07) is -0.563. The van der Waals surface area contributed by atoms with E-state index in [2.05, 4.69) is 6.58 Å². The minimum atomic E-state index is -0.563. The summed E-state index contributed by atoms with van der Waals surface area (Å²) in [4.78, 5) is 21.9. The number of nitro groups is 1. The van der Waals surface area contributed by atoms with Crippen molar-refractivity contribution in [3.8, 4) is 0 Å². The van der Waals surface area contributed by atoms with Gasteiger partial charge in [-0.05, 0) is 19.3 Å². The molecule has 0 aromatic carbocycles. The van der Waals surface area contributed by atoms with Crippen molar-refractivity contribution >= 4 is 5.78 Å². The van der Waals surface area contributed by atoms with E-state index < -0.39 is 6.04 Å². The van der Waals surface area contributed by atoms with Gasteiger partial charge in [0.1, 0.15) is 5.78 Å². The maximum atomic E-state index is 11.2. The molecular formula is C11H17NO3. The molecule has 0 saturated heterocycles. The Morgan fingerprint density at radius 2 is 2.40 bits per heavy atom. The summed E-state index contributed by atoms with van der Waals surface area (Å²) in [5.41, 5.74) is 0. The second-order valence-electron chi connectivity index (χ2n) is 4.11. The Hall–Kier alpha value is -1.19. The van der Waals surface area contributed by atoms with Crippen LogP contribution in [0.2, 0.25) is 0 Å². The van der Waals surface area contributed by atoms with E-state index in [1.54, 1.807) is 6.08 Å². The average Bonchev–Trinajstić information content (AvgIpc) is 2.18. The van der Waals surface area contributed by atoms with E-state index in [1.807, 2.05) is 0 Å². The average molecular weight is 211 g/mol. The SMILES string of the molecule is C=CCCC([C@@H]1CCCC(=O)C1)[N+](=O)[O-]. The smallest absolute Gasteiger partial charge is 0.216 e. The number of carbonyl (C=O) groups is 1. The van der Waals surface area contributed by atoms with Gasteiger partial charge in [-0.1, -0.05) is 6.08 Å². The van der Waals surface area contributed by atoms with Crippen LogP contribution in [0.1, 0.15) is 38.5 Å². The lowest BCUT2D eigenvalue weighted by Gasteiger charge is -2.23. The monoisotopic (exact) mass is 211 g/mol. The van der Waals surface area contributed by atoms with Crippen LogP contribution < -0.4 is 0 Å². The van der Waals surface area contributed by atoms with Crippen molar-refractivity contribution in [2.24, 2.45) is 5.92 Å². The molecule has 4 nitrogen and oxygen atoms in total. The van der Waals surface area contributed by atoms with E-state index in [9.17, 15) is 14.9 Å². The van der Waals surface area contributed by atoms with Gasteiger partial charge in [-0.2, -0.15) is 0 Å². The van der Waals surface area contributed by atoms with E-state index >= 15 is 0 Å². The van der Waals surface area contributed by atoms with Gasteiger partial charge in [0.25, 0.3) is 0 Å². The molecule has 0 aliphatic heterocycles. The van der Waals surface area contributed by atoms with E-state index in [1.165, 1.54) is 0 Å². The van der Waals surface area contributed by atoms with Crippen LogP contribution in [0.4, 0.5) is 0 Å². The van der Waals surface area contributed by atoms with E-state index in [0.717, 1.165) is 12.8 Å². The summed E-state index contributed by atoms with van der Waals surface area (Å²) in [7, 11) is 0. The maximum absolute atomic E-state index is 11.2. The Labute approximate surface area is 89.5 Å². The van der Waals surface area contributed by atoms with E-state index in [0.29, 0.717) is 25.7 Å². The van der Waals surface area contributed by atoms with Crippen molar-refractivity contribution in [3.63, 3.8) is 0 Å². The maximum Gasteiger partial charge on any atom is 0.216 e. The van der Waals surface area contributed by atoms with Crippen LogP contribution >= 0.6 is 0 Å². The molecule has 4 heteroatoms. The number of Topliss-reactive ketones (excluding diaryl/α,β-unsaturated/α-hetero) is 1. The van der Waals surface area contributed by atoms with Crippen LogP contribution in [-0.4, -0.2) is 16.7 Å². The van der Waals surface area contributed by atoms with Crippen molar-refractivity contribution in [1.82, 2.24) is 0 Å². The van der Waals surface area contributed by atoms with Crippen LogP contribution in [0.5, 0.6) is 0 Å². The number of carbonyl (C=O) groups excluding carboxylic acids is 1. The number of allylic oxidation sites excluding steroid dienone is 1. The minimum Gasteiger partial charge on any atom is -0.300 e. The second kappa shape index (κ2) is 5.63. The topological polar surface area (TPSA) is 60.2 Å². The van der Waals surface area contributed by atoms with Gasteiger partial charge in [0.05, 0.1) is 0 Å². The van der Waals surface area contributed by atoms with Crippen molar-refractivity contribution in [3.05, 3.63) is 22.8 Å². The molecule has 0 bridgehead atoms. The first-order chi connectivity index (χ1) is 7.15. The summed E-state index contributed by atoms with van der Waals surface area (Å²) in [5, 5.41) is 10.9. The molecule has 0 aromatic rings. The molecule has 15 heavy (non-hydrogen) atoms. The lowest BCUT2D eigenvalue weighted by atomic mass is 9.82. The van der Waals surface area contributed by atoms with E-state index in [-0.39, 0.29) is 16.6 Å². The third kappa shape index (κ3) is 3.46. The normalized spacial score (nSPS) is 23.5. The van der Waals surface area contributed by atoms with Crippen LogP contribution in [0.25, 0.3) is 0 Å². The first kappa shape index (κ1) is 11.9. The predicted molar refractivity (Wildman–Crippen MR) is 57.2 cm³/mol. The molecule has 0 amide bonds. The van der Waals surface area contributed by atoms with Gasteiger partial charge in [0.2, 0.25) is 6.04 Å². The summed E-state index contributed by atoms with van der Waals surface area (Å²) in [6.07, 6.45) is 5.47. The van der Waals surface area contributed by atoms with Crippen molar-refractivity contribution in [1.29, 1.82) is 0 Å². The van der Waals surface area contributed by atoms with Gasteiger partial charge in [-0.25, -0.2) is 0 Å². The van der Waals surface area contributed by atoms with Gasteiger partial charge in [-0.15, -0.1) is 6.58 Å². The van der Waals surface area contributed by atoms with Crippen LogP contribution in [0.15, 0.2) is 12.7 Å². The Balaban J connectivity index is 2.57. The minimum absolute atomic E-state index is 0.0544. The molecule has 1 aliphatic rings. The molecule has 1 rings (SSSR count). The molecule has 0 heterocycles. The van der Waals surface area contributed by atoms with Crippen molar-refractivity contribution < 1.29 is 9.72 Å². The third-order valence-electron chi connectivity index (χ3n) is 3.00. The van der Waals surface area contributed by atoms with Gasteiger partial charge in [0.15, 0.2) is 0 Å². The number of ketones is 1. The van der Waals surface area contributed by atoms with Crippen molar-refractivity contribution in [2.75, 3.05) is 0 Å². The first-order valence-corrected chi connectivity index (χ1v) is 5.41. The number of hydrogen-bond donors (Lipinski definition) is 0. The first-order valence-electron chi connectivity index (χ1n) is 5.41. The molecule has 0 N–H and O–H groups in total. The molecule has 1 saturated carbocycles. The second-order valence-corrected chi connectivity index (χ2v) is 4.11. The lowest BCUT2D eigenvalue weighted by Crippen LogP contribution is -2.33. The highest BCUT2D eigenvalue weighted by Crippen LogP contribution is 2.27. The molecule has 0 radical (unpaired) electrons. The standard InChI is InChI=1S/C11H17NO3/c1-2-3-7-11(12(14)15)9-5-4-6-10(13)8-9/h2,9,11H,1,3-8H2/t9-,11?/m1/s1. The van der Waals surface area contributed by atoms with Gasteiger partial charge < -0.3 is 0 Å². The molecule has 1 unspecified atom stereocenters. The quantitative estimate of drug-likeness (QED) is 0.398. The van der Waals surface area contributed by atoms with Crippen LogP contribution in [-0.2, 0) is 4.79 Å². The van der Waals surface area contributed by atoms with Gasteiger partial charge in [-0.3, -0.25) is 14.9 Å². The third-order valence-corrected chi connectivity index (χ3v) is 3.00. The molecule has 0 spiro atoms. The molecule has 0 aromatic heterocycles. The Bertz CT molecular complexity index is 263. The van der Waals surface area contributed by atoms with Gasteiger partial charge >= 0.3 is 0 Å². The molecule has 1 aliphatic carbocycles. The summed E-state index contributed by atoms with van der Waals surface area (Å²) >= 11 is 0. The molecule has 2 atom stereocenters. The predicted octanol–water partition coefficient (Wildman–Crippen LogP) is 2.36. The van der Waals surface area contributed by atoms with Crippen LogP contribution in [0.3, 0.4) is 0 Å². The lowest BCUT2D eigenvalue weighted by molar-refractivity contribution is -0.533. The molecular weight excluding hydrogens is 194 g/mol. The Morgan fingerprint density at radius 3 is 2.93 bits per heavy atom. The summed E-state index contributed by atoms with van der Waals surface area (Å²) < 4.78 is 0. The fourth-order valence-electron chi connectivity index (χ4n) is 2.19. The molecule has 1 fully saturated rings. The number of rotatable bonds is 5. The van der Waals surface area contributed by atoms with Crippen molar-refractivity contribution in [2.45, 2.75) is 44.6 Å². The summed E-state index contributed by atoms with van der Waals surface area (Å²) in [5.74, 6) is 0.123. The Morgan fingerprint density at radius 1 is 1.67 bits per heavy atom. The number of nitrogens with zero attached hydrogens (tertiary/aromatic N) is 1. The van der Waals surface area contributed by atoms with Crippen LogP contribution in [0, 0.1) is 16.0 Å². The van der Waals surface area contributed by atoms with Gasteiger partial charge in [0, 0.05) is 30.1 Å². The fraction of sp³-hybridized carbons (Fsp3) is 0.727.